The summed E-state index contributed by atoms with van der Waals surface area (Å²) >= 11 is 0. The van der Waals surface area contributed by atoms with Crippen LogP contribution in [0.3, 0.4) is 0 Å². The molecule has 14 heavy (non-hydrogen) atoms. The topological polar surface area (TPSA) is 40.5 Å². The monoisotopic (exact) mass is 202 g/mol. The molecule has 0 aliphatic heterocycles. The highest BCUT2D eigenvalue weighted by Gasteiger charge is 2.21. The Hall–Kier alpha value is -0.0800. The van der Waals surface area contributed by atoms with Gasteiger partial charge in [-0.05, 0) is 24.7 Å². The second kappa shape index (κ2) is 8.25. The number of unbranched alkanes of at least 4 members (excludes halogenated alkanes) is 3. The minimum absolute atomic E-state index is 0.117. The minimum atomic E-state index is 0.117. The standard InChI is InChI=1S/C12H26O2/c1-3-4-8-12(2,11-14)9-6-5-7-10-13/h13-14H,3-11H2,1-2H3. The van der Waals surface area contributed by atoms with Gasteiger partial charge in [-0.25, -0.2) is 0 Å². The number of aliphatic hydroxyl groups is 2. The Kier molecular flexibility index (Phi) is 8.20. The average Bonchev–Trinajstić information content (AvgIpc) is 2.22. The lowest BCUT2D eigenvalue weighted by Crippen LogP contribution is -2.21. The SMILES string of the molecule is CCCCC(C)(CO)CCCCCO. The highest BCUT2D eigenvalue weighted by molar-refractivity contribution is 4.73. The summed E-state index contributed by atoms with van der Waals surface area (Å²) < 4.78 is 0. The molecule has 0 bridgehead atoms. The van der Waals surface area contributed by atoms with Gasteiger partial charge >= 0.3 is 0 Å². The summed E-state index contributed by atoms with van der Waals surface area (Å²) in [6.45, 7) is 4.95. The number of aliphatic hydroxyl groups excluding tert-OH is 2. The number of rotatable bonds is 9. The van der Waals surface area contributed by atoms with Gasteiger partial charge in [0, 0.05) is 13.2 Å². The third kappa shape index (κ3) is 6.39. The fraction of sp³-hybridized carbons (Fsp3) is 1.00. The lowest BCUT2D eigenvalue weighted by Gasteiger charge is -2.27. The van der Waals surface area contributed by atoms with Crippen molar-refractivity contribution in [3.8, 4) is 0 Å². The molecule has 0 saturated heterocycles. The molecule has 2 heteroatoms. The largest absolute Gasteiger partial charge is 0.396 e. The van der Waals surface area contributed by atoms with E-state index in [4.69, 9.17) is 5.11 Å². The van der Waals surface area contributed by atoms with Crippen molar-refractivity contribution >= 4 is 0 Å². The van der Waals surface area contributed by atoms with Crippen LogP contribution in [0, 0.1) is 5.41 Å². The third-order valence-electron chi connectivity index (χ3n) is 2.95. The Morgan fingerprint density at radius 3 is 2.07 bits per heavy atom. The van der Waals surface area contributed by atoms with E-state index in [-0.39, 0.29) is 5.41 Å². The smallest absolute Gasteiger partial charge is 0.0484 e. The van der Waals surface area contributed by atoms with Crippen LogP contribution >= 0.6 is 0 Å². The Balaban J connectivity index is 3.63. The molecule has 0 fully saturated rings. The van der Waals surface area contributed by atoms with E-state index in [1.54, 1.807) is 0 Å². The van der Waals surface area contributed by atoms with Crippen molar-refractivity contribution in [1.29, 1.82) is 0 Å². The number of hydrogen-bond acceptors (Lipinski definition) is 2. The normalized spacial score (nSPS) is 15.4. The van der Waals surface area contributed by atoms with Crippen molar-refractivity contribution in [2.24, 2.45) is 5.41 Å². The molecular formula is C12H26O2. The quantitative estimate of drug-likeness (QED) is 0.564. The Morgan fingerprint density at radius 2 is 1.57 bits per heavy atom. The van der Waals surface area contributed by atoms with E-state index >= 15 is 0 Å². The van der Waals surface area contributed by atoms with Crippen molar-refractivity contribution in [1.82, 2.24) is 0 Å². The zero-order valence-electron chi connectivity index (χ0n) is 9.76. The van der Waals surface area contributed by atoms with Crippen LogP contribution in [0.2, 0.25) is 0 Å². The van der Waals surface area contributed by atoms with Gasteiger partial charge in [-0.1, -0.05) is 39.5 Å². The molecule has 2 N–H and O–H groups in total. The van der Waals surface area contributed by atoms with E-state index in [1.807, 2.05) is 0 Å². The lowest BCUT2D eigenvalue weighted by molar-refractivity contribution is 0.116. The molecule has 0 aliphatic carbocycles. The maximum absolute atomic E-state index is 9.32. The fourth-order valence-corrected chi connectivity index (χ4v) is 1.73. The van der Waals surface area contributed by atoms with Crippen LogP contribution < -0.4 is 0 Å². The minimum Gasteiger partial charge on any atom is -0.396 e. The zero-order chi connectivity index (χ0) is 10.9. The molecule has 2 nitrogen and oxygen atoms in total. The fourth-order valence-electron chi connectivity index (χ4n) is 1.73. The van der Waals surface area contributed by atoms with Gasteiger partial charge in [0.05, 0.1) is 0 Å². The second-order valence-electron chi connectivity index (χ2n) is 4.61. The van der Waals surface area contributed by atoms with Gasteiger partial charge in [-0.2, -0.15) is 0 Å². The molecular weight excluding hydrogens is 176 g/mol. The molecule has 0 saturated carbocycles. The van der Waals surface area contributed by atoms with Crippen molar-refractivity contribution < 1.29 is 10.2 Å². The highest BCUT2D eigenvalue weighted by Crippen LogP contribution is 2.29. The molecule has 0 aromatic heterocycles. The van der Waals surface area contributed by atoms with Crippen LogP contribution in [0.15, 0.2) is 0 Å². The van der Waals surface area contributed by atoms with Crippen molar-refractivity contribution in [3.63, 3.8) is 0 Å². The van der Waals surface area contributed by atoms with Gasteiger partial charge in [-0.15, -0.1) is 0 Å². The Morgan fingerprint density at radius 1 is 0.929 bits per heavy atom. The third-order valence-corrected chi connectivity index (χ3v) is 2.95. The summed E-state index contributed by atoms with van der Waals surface area (Å²) in [7, 11) is 0. The van der Waals surface area contributed by atoms with E-state index in [1.165, 1.54) is 12.8 Å². The maximum atomic E-state index is 9.32. The first kappa shape index (κ1) is 13.9. The molecule has 0 radical (unpaired) electrons. The molecule has 0 aliphatic rings. The zero-order valence-corrected chi connectivity index (χ0v) is 9.76. The first-order chi connectivity index (χ1) is 6.68. The van der Waals surface area contributed by atoms with Gasteiger partial charge in [0.25, 0.3) is 0 Å². The van der Waals surface area contributed by atoms with E-state index in [0.29, 0.717) is 13.2 Å². The van der Waals surface area contributed by atoms with Gasteiger partial charge in [0.1, 0.15) is 0 Å². The van der Waals surface area contributed by atoms with Gasteiger partial charge in [0.15, 0.2) is 0 Å². The van der Waals surface area contributed by atoms with Gasteiger partial charge < -0.3 is 10.2 Å². The van der Waals surface area contributed by atoms with Crippen LogP contribution in [0.4, 0.5) is 0 Å². The summed E-state index contributed by atoms with van der Waals surface area (Å²) in [6.07, 6.45) is 7.72. The van der Waals surface area contributed by atoms with Crippen molar-refractivity contribution in [3.05, 3.63) is 0 Å². The van der Waals surface area contributed by atoms with Crippen molar-refractivity contribution in [2.75, 3.05) is 13.2 Å². The predicted molar refractivity (Wildman–Crippen MR) is 60.3 cm³/mol. The summed E-state index contributed by atoms with van der Waals surface area (Å²) in [5.74, 6) is 0. The second-order valence-corrected chi connectivity index (χ2v) is 4.61. The molecule has 0 aromatic carbocycles. The van der Waals surface area contributed by atoms with E-state index < -0.39 is 0 Å². The van der Waals surface area contributed by atoms with E-state index in [0.717, 1.165) is 32.1 Å². The first-order valence-corrected chi connectivity index (χ1v) is 5.90. The van der Waals surface area contributed by atoms with E-state index in [9.17, 15) is 5.11 Å². The maximum Gasteiger partial charge on any atom is 0.0484 e. The number of hydrogen-bond donors (Lipinski definition) is 2. The van der Waals surface area contributed by atoms with Crippen LogP contribution in [0.5, 0.6) is 0 Å². The summed E-state index contributed by atoms with van der Waals surface area (Å²) in [4.78, 5) is 0. The lowest BCUT2D eigenvalue weighted by atomic mass is 9.81. The van der Waals surface area contributed by atoms with Gasteiger partial charge in [0.2, 0.25) is 0 Å². The molecule has 86 valence electrons. The van der Waals surface area contributed by atoms with Crippen LogP contribution in [-0.2, 0) is 0 Å². The summed E-state index contributed by atoms with van der Waals surface area (Å²) in [5, 5.41) is 18.0. The first-order valence-electron chi connectivity index (χ1n) is 5.90. The molecule has 0 heterocycles. The summed E-state index contributed by atoms with van der Waals surface area (Å²) in [6, 6.07) is 0. The van der Waals surface area contributed by atoms with Crippen LogP contribution in [-0.4, -0.2) is 23.4 Å². The Labute approximate surface area is 88.3 Å². The predicted octanol–water partition coefficient (Wildman–Crippen LogP) is 2.73. The highest BCUT2D eigenvalue weighted by atomic mass is 16.3. The van der Waals surface area contributed by atoms with Gasteiger partial charge in [-0.3, -0.25) is 0 Å². The summed E-state index contributed by atoms with van der Waals surface area (Å²) in [5.41, 5.74) is 0.117. The van der Waals surface area contributed by atoms with E-state index in [2.05, 4.69) is 13.8 Å². The van der Waals surface area contributed by atoms with Crippen LogP contribution in [0.25, 0.3) is 0 Å². The molecule has 1 unspecified atom stereocenters. The molecule has 0 aromatic rings. The average molecular weight is 202 g/mol. The van der Waals surface area contributed by atoms with Crippen molar-refractivity contribution in [2.45, 2.75) is 58.8 Å². The molecule has 0 amide bonds. The Bertz CT molecular complexity index is 125. The molecule has 0 spiro atoms. The molecule has 1 atom stereocenters. The molecule has 0 rings (SSSR count). The van der Waals surface area contributed by atoms with Crippen LogP contribution in [0.1, 0.15) is 58.8 Å².